The normalized spacial score (nSPS) is 18.5. The number of amides is 1. The minimum absolute atomic E-state index is 0.0735. The second kappa shape index (κ2) is 10.2. The molecule has 2 aromatic rings. The van der Waals surface area contributed by atoms with E-state index in [1.54, 1.807) is 14.2 Å². The van der Waals surface area contributed by atoms with Gasteiger partial charge in [-0.05, 0) is 35.1 Å². The summed E-state index contributed by atoms with van der Waals surface area (Å²) < 4.78 is 11.0. The Morgan fingerprint density at radius 2 is 1.74 bits per heavy atom. The lowest BCUT2D eigenvalue weighted by Crippen LogP contribution is -3.11. The van der Waals surface area contributed by atoms with Crippen LogP contribution >= 0.6 is 0 Å². The Hall–Kier alpha value is -2.53. The van der Waals surface area contributed by atoms with Gasteiger partial charge in [0.05, 0.1) is 26.3 Å². The molecule has 1 unspecified atom stereocenters. The van der Waals surface area contributed by atoms with Gasteiger partial charge in [0.15, 0.2) is 6.54 Å². The van der Waals surface area contributed by atoms with Gasteiger partial charge in [0.25, 0.3) is 5.91 Å². The van der Waals surface area contributed by atoms with Crippen molar-refractivity contribution in [3.05, 3.63) is 53.1 Å². The number of carbonyl (C=O) groups excluding carboxylic acids is 1. The summed E-state index contributed by atoms with van der Waals surface area (Å²) >= 11 is 0. The van der Waals surface area contributed by atoms with Crippen molar-refractivity contribution in [3.8, 4) is 11.5 Å². The maximum atomic E-state index is 13.2. The largest absolute Gasteiger partial charge is 0.497 e. The number of benzene rings is 2. The Kier molecular flexibility index (Phi) is 7.60. The predicted octanol–water partition coefficient (Wildman–Crippen LogP) is 4.31. The Balaban J connectivity index is 1.80. The minimum Gasteiger partial charge on any atom is -0.497 e. The zero-order chi connectivity index (χ0) is 22.5. The number of rotatable bonds is 8. The molecular formula is C26H37N2O3+. The Morgan fingerprint density at radius 1 is 1.06 bits per heavy atom. The maximum absolute atomic E-state index is 13.2. The number of carbonyl (C=O) groups is 1. The smallest absolute Gasteiger partial charge is 0.279 e. The number of ether oxygens (including phenoxy) is 2. The minimum atomic E-state index is 0.0735. The molecular weight excluding hydrogens is 388 g/mol. The summed E-state index contributed by atoms with van der Waals surface area (Å²) in [6, 6.07) is 12.6. The van der Waals surface area contributed by atoms with Crippen molar-refractivity contribution in [3.63, 3.8) is 0 Å². The van der Waals surface area contributed by atoms with Crippen molar-refractivity contribution in [1.82, 2.24) is 0 Å². The fourth-order valence-corrected chi connectivity index (χ4v) is 4.69. The third-order valence-corrected chi connectivity index (χ3v) is 6.32. The fraction of sp³-hybridized carbons (Fsp3) is 0.500. The van der Waals surface area contributed by atoms with Crippen molar-refractivity contribution < 1.29 is 19.2 Å². The average Bonchev–Trinajstić information content (AvgIpc) is 3.20. The summed E-state index contributed by atoms with van der Waals surface area (Å²) in [6.45, 7) is 10.1. The molecule has 168 valence electrons. The number of methoxy groups -OCH3 is 2. The van der Waals surface area contributed by atoms with Crippen LogP contribution in [0.3, 0.4) is 0 Å². The summed E-state index contributed by atoms with van der Waals surface area (Å²) in [5, 5.41) is 3.28. The lowest BCUT2D eigenvalue weighted by molar-refractivity contribution is -0.910. The van der Waals surface area contributed by atoms with Crippen molar-refractivity contribution >= 4 is 11.6 Å². The zero-order valence-electron chi connectivity index (χ0n) is 19.7. The molecule has 1 aliphatic heterocycles. The van der Waals surface area contributed by atoms with Crippen LogP contribution in [-0.4, -0.2) is 33.2 Å². The third kappa shape index (κ3) is 5.21. The predicted molar refractivity (Wildman–Crippen MR) is 125 cm³/mol. The number of hydrogen-bond acceptors (Lipinski definition) is 3. The van der Waals surface area contributed by atoms with E-state index in [0.717, 1.165) is 42.1 Å². The number of likely N-dealkylation sites (tertiary alicyclic amines) is 1. The highest BCUT2D eigenvalue weighted by atomic mass is 16.5. The number of quaternary nitrogens is 1. The highest BCUT2D eigenvalue weighted by Gasteiger charge is 2.34. The van der Waals surface area contributed by atoms with Gasteiger partial charge in [0, 0.05) is 24.6 Å². The quantitative estimate of drug-likeness (QED) is 0.663. The van der Waals surface area contributed by atoms with Crippen molar-refractivity contribution in [2.24, 2.45) is 0 Å². The molecule has 0 radical (unpaired) electrons. The van der Waals surface area contributed by atoms with E-state index in [1.807, 2.05) is 12.1 Å². The molecule has 0 spiro atoms. The first-order chi connectivity index (χ1) is 14.8. The topological polar surface area (TPSA) is 52.0 Å². The van der Waals surface area contributed by atoms with Crippen LogP contribution in [0, 0.1) is 0 Å². The van der Waals surface area contributed by atoms with Crippen LogP contribution in [0.4, 0.5) is 5.69 Å². The SMILES string of the molecule is COc1ccc([C@@H]2CCC[NH+]2CC(=O)Nc2c(C(C)C)cccc2C(C)C)c(OC)c1. The molecule has 0 saturated carbocycles. The lowest BCUT2D eigenvalue weighted by atomic mass is 9.92. The summed E-state index contributed by atoms with van der Waals surface area (Å²) in [5.74, 6) is 2.39. The summed E-state index contributed by atoms with van der Waals surface area (Å²) in [5.41, 5.74) is 4.54. The van der Waals surface area contributed by atoms with Gasteiger partial charge in [-0.15, -0.1) is 0 Å². The molecule has 1 amide bonds. The van der Waals surface area contributed by atoms with Crippen molar-refractivity contribution in [2.45, 2.75) is 58.4 Å². The van der Waals surface area contributed by atoms with Gasteiger partial charge >= 0.3 is 0 Å². The van der Waals surface area contributed by atoms with E-state index in [4.69, 9.17) is 9.47 Å². The van der Waals surface area contributed by atoms with Gasteiger partial charge in [-0.2, -0.15) is 0 Å². The van der Waals surface area contributed by atoms with Crippen molar-refractivity contribution in [2.75, 3.05) is 32.6 Å². The molecule has 3 rings (SSSR count). The molecule has 5 heteroatoms. The standard InChI is InChI=1S/C26H36N2O3/c1-17(2)20-9-7-10-21(18(3)4)26(20)27-25(29)16-28-14-8-11-23(28)22-13-12-19(30-5)15-24(22)31-6/h7,9-10,12-13,15,17-18,23H,8,11,14,16H2,1-6H3,(H,27,29)/p+1/t23-/m0/s1. The number of para-hydroxylation sites is 1. The number of nitrogens with one attached hydrogen (secondary N) is 2. The van der Waals surface area contributed by atoms with E-state index >= 15 is 0 Å². The third-order valence-electron chi connectivity index (χ3n) is 6.32. The molecule has 1 heterocycles. The second-order valence-corrected chi connectivity index (χ2v) is 9.06. The first-order valence-electron chi connectivity index (χ1n) is 11.3. The zero-order valence-corrected chi connectivity index (χ0v) is 19.7. The van der Waals surface area contributed by atoms with Gasteiger partial charge in [-0.1, -0.05) is 45.9 Å². The molecule has 31 heavy (non-hydrogen) atoms. The fourth-order valence-electron chi connectivity index (χ4n) is 4.69. The van der Waals surface area contributed by atoms with Gasteiger partial charge < -0.3 is 19.7 Å². The molecule has 1 aliphatic rings. The monoisotopic (exact) mass is 425 g/mol. The Morgan fingerprint density at radius 3 is 2.32 bits per heavy atom. The molecule has 0 aliphatic carbocycles. The lowest BCUT2D eigenvalue weighted by Gasteiger charge is -2.24. The molecule has 2 aromatic carbocycles. The van der Waals surface area contributed by atoms with Crippen molar-refractivity contribution in [1.29, 1.82) is 0 Å². The second-order valence-electron chi connectivity index (χ2n) is 9.06. The first-order valence-corrected chi connectivity index (χ1v) is 11.3. The van der Waals surface area contributed by atoms with Crippen LogP contribution in [0.25, 0.3) is 0 Å². The summed E-state index contributed by atoms with van der Waals surface area (Å²) in [6.07, 6.45) is 2.15. The van der Waals surface area contributed by atoms with Gasteiger partial charge in [0.1, 0.15) is 17.5 Å². The van der Waals surface area contributed by atoms with Gasteiger partial charge in [-0.25, -0.2) is 0 Å². The van der Waals surface area contributed by atoms with Gasteiger partial charge in [0.2, 0.25) is 0 Å². The van der Waals surface area contributed by atoms with E-state index < -0.39 is 0 Å². The highest BCUT2D eigenvalue weighted by molar-refractivity contribution is 5.93. The molecule has 1 fully saturated rings. The van der Waals surface area contributed by atoms with Crippen LogP contribution in [-0.2, 0) is 4.79 Å². The Bertz CT molecular complexity index is 881. The van der Waals surface area contributed by atoms with Crippen LogP contribution in [0.15, 0.2) is 36.4 Å². The highest BCUT2D eigenvalue weighted by Crippen LogP contribution is 2.33. The molecule has 0 aromatic heterocycles. The van der Waals surface area contributed by atoms with E-state index in [-0.39, 0.29) is 11.9 Å². The van der Waals surface area contributed by atoms with Gasteiger partial charge in [-0.3, -0.25) is 4.79 Å². The van der Waals surface area contributed by atoms with E-state index in [2.05, 4.69) is 57.3 Å². The number of anilines is 1. The molecule has 2 N–H and O–H groups in total. The summed E-state index contributed by atoms with van der Waals surface area (Å²) in [4.78, 5) is 14.5. The van der Waals surface area contributed by atoms with Crippen LogP contribution in [0.5, 0.6) is 11.5 Å². The maximum Gasteiger partial charge on any atom is 0.279 e. The Labute approximate surface area is 186 Å². The molecule has 1 saturated heterocycles. The first kappa shape index (κ1) is 23.1. The van der Waals surface area contributed by atoms with Crippen LogP contribution < -0.4 is 19.7 Å². The van der Waals surface area contributed by atoms with Crippen LogP contribution in [0.1, 0.15) is 75.1 Å². The van der Waals surface area contributed by atoms with Crippen LogP contribution in [0.2, 0.25) is 0 Å². The summed E-state index contributed by atoms with van der Waals surface area (Å²) in [7, 11) is 3.35. The molecule has 5 nitrogen and oxygen atoms in total. The number of hydrogen-bond donors (Lipinski definition) is 2. The molecule has 0 bridgehead atoms. The average molecular weight is 426 g/mol. The van der Waals surface area contributed by atoms with E-state index in [1.165, 1.54) is 16.0 Å². The molecule has 2 atom stereocenters. The van der Waals surface area contributed by atoms with E-state index in [0.29, 0.717) is 18.4 Å². The van der Waals surface area contributed by atoms with E-state index in [9.17, 15) is 4.79 Å².